The molecule has 0 bridgehead atoms. The van der Waals surface area contributed by atoms with Crippen LogP contribution in [0.15, 0.2) is 136 Å². The fraction of sp³-hybridized carbons (Fsp3) is 0.396. The van der Waals surface area contributed by atoms with Gasteiger partial charge in [-0.1, -0.05) is 183 Å². The SMILES string of the molecule is CCCCCCCCCCC1(CCCCCCCCCC)c2cc(/C=C/c3ccc([S+](c4ccccc4)c4ccccc4)cc3)ccc2-c2ccc([N+](=O)[O-])cc21.F[P-](F)(F)(F)(F)F. The summed E-state index contributed by atoms with van der Waals surface area (Å²) in [5.41, 5.74) is 7.36. The van der Waals surface area contributed by atoms with Gasteiger partial charge in [0.2, 0.25) is 0 Å². The number of rotatable bonds is 24. The van der Waals surface area contributed by atoms with Gasteiger partial charge in [-0.05, 0) is 101 Å². The first-order valence-corrected chi connectivity index (χ1v) is 26.4. The Morgan fingerprint density at radius 3 is 1.33 bits per heavy atom. The van der Waals surface area contributed by atoms with Crippen molar-refractivity contribution in [3.8, 4) is 11.1 Å². The molecule has 5 aromatic carbocycles. The van der Waals surface area contributed by atoms with Crippen molar-refractivity contribution >= 4 is 36.5 Å². The summed E-state index contributed by atoms with van der Waals surface area (Å²) in [6.07, 6.45) is 27.0. The van der Waals surface area contributed by atoms with E-state index in [4.69, 9.17) is 0 Å². The van der Waals surface area contributed by atoms with Gasteiger partial charge in [0.15, 0.2) is 14.7 Å². The number of hydrogen-bond acceptors (Lipinski definition) is 2. The van der Waals surface area contributed by atoms with E-state index in [1.807, 2.05) is 12.1 Å². The third-order valence-corrected chi connectivity index (χ3v) is 14.3. The first-order valence-electron chi connectivity index (χ1n) is 23.1. The molecule has 0 aliphatic heterocycles. The minimum atomic E-state index is -10.7. The molecule has 0 radical (unpaired) electrons. The topological polar surface area (TPSA) is 43.1 Å². The zero-order valence-corrected chi connectivity index (χ0v) is 39.0. The van der Waals surface area contributed by atoms with E-state index in [2.05, 4.69) is 129 Å². The van der Waals surface area contributed by atoms with Crippen molar-refractivity contribution in [1.29, 1.82) is 0 Å². The molecule has 0 saturated carbocycles. The molecule has 5 aromatic rings. The van der Waals surface area contributed by atoms with Crippen LogP contribution < -0.4 is 0 Å². The average molecular weight is 924 g/mol. The maximum absolute atomic E-state index is 12.2. The number of hydrogen-bond donors (Lipinski definition) is 0. The molecule has 0 aromatic heterocycles. The number of nitro benzene ring substituents is 1. The molecule has 1 aliphatic carbocycles. The third kappa shape index (κ3) is 16.2. The second-order valence-corrected chi connectivity index (χ2v) is 21.1. The molecule has 346 valence electrons. The molecule has 0 N–H and O–H groups in total. The first kappa shape index (κ1) is 50.6. The molecule has 0 saturated heterocycles. The summed E-state index contributed by atoms with van der Waals surface area (Å²) in [6.45, 7) is 4.56. The van der Waals surface area contributed by atoms with Crippen LogP contribution in [0.3, 0.4) is 0 Å². The maximum atomic E-state index is 12.2. The molecule has 3 nitrogen and oxygen atoms in total. The molecule has 6 rings (SSSR count). The summed E-state index contributed by atoms with van der Waals surface area (Å²) in [6, 6.07) is 43.3. The number of nitro groups is 1. The molecular formula is C53H64F6NO2PS. The summed E-state index contributed by atoms with van der Waals surface area (Å²) >= 11 is 0. The van der Waals surface area contributed by atoms with Crippen molar-refractivity contribution in [2.45, 2.75) is 150 Å². The van der Waals surface area contributed by atoms with Crippen molar-refractivity contribution < 1.29 is 30.1 Å². The van der Waals surface area contributed by atoms with Crippen LogP contribution in [-0.4, -0.2) is 4.92 Å². The van der Waals surface area contributed by atoms with Gasteiger partial charge < -0.3 is 0 Å². The second kappa shape index (κ2) is 22.7. The summed E-state index contributed by atoms with van der Waals surface area (Å²) in [5, 5.41) is 12.2. The quantitative estimate of drug-likeness (QED) is 0.0118. The van der Waals surface area contributed by atoms with E-state index in [1.165, 1.54) is 138 Å². The van der Waals surface area contributed by atoms with Crippen molar-refractivity contribution in [3.63, 3.8) is 0 Å². The summed E-state index contributed by atoms with van der Waals surface area (Å²) < 4.78 is 59.2. The van der Waals surface area contributed by atoms with E-state index in [0.29, 0.717) is 0 Å². The van der Waals surface area contributed by atoms with Crippen molar-refractivity contribution in [2.75, 3.05) is 0 Å². The summed E-state index contributed by atoms with van der Waals surface area (Å²) in [5.74, 6) is 0. The molecule has 0 unspecified atom stereocenters. The van der Waals surface area contributed by atoms with Crippen LogP contribution in [-0.2, 0) is 16.3 Å². The molecule has 1 aliphatic rings. The molecular weight excluding hydrogens is 860 g/mol. The van der Waals surface area contributed by atoms with Crippen LogP contribution in [0.5, 0.6) is 0 Å². The molecule has 0 heterocycles. The van der Waals surface area contributed by atoms with Gasteiger partial charge >= 0.3 is 33.0 Å². The van der Waals surface area contributed by atoms with E-state index in [9.17, 15) is 35.3 Å². The average Bonchev–Trinajstić information content (AvgIpc) is 3.53. The Kier molecular flexibility index (Phi) is 17.9. The molecule has 0 amide bonds. The molecule has 11 heteroatoms. The number of non-ortho nitro benzene ring substituents is 1. The van der Waals surface area contributed by atoms with Crippen LogP contribution in [0.1, 0.15) is 152 Å². The Bertz CT molecular complexity index is 2180. The van der Waals surface area contributed by atoms with Crippen molar-refractivity contribution in [3.05, 3.63) is 154 Å². The second-order valence-electron chi connectivity index (χ2n) is 17.1. The minimum absolute atomic E-state index is 0.176. The zero-order chi connectivity index (χ0) is 46.1. The van der Waals surface area contributed by atoms with Crippen LogP contribution in [0.25, 0.3) is 23.3 Å². The number of fused-ring (bicyclic) bond motifs is 3. The normalized spacial score (nSPS) is 14.1. The first-order chi connectivity index (χ1) is 30.5. The van der Waals surface area contributed by atoms with Gasteiger partial charge in [0, 0.05) is 17.5 Å². The fourth-order valence-corrected chi connectivity index (χ4v) is 11.0. The van der Waals surface area contributed by atoms with Gasteiger partial charge in [0.1, 0.15) is 0 Å². The van der Waals surface area contributed by atoms with Gasteiger partial charge in [-0.2, -0.15) is 0 Å². The Morgan fingerprint density at radius 1 is 0.500 bits per heavy atom. The Hall–Kier alpha value is -4.40. The van der Waals surface area contributed by atoms with Crippen LogP contribution in [0.2, 0.25) is 0 Å². The predicted molar refractivity (Wildman–Crippen MR) is 258 cm³/mol. The Balaban J connectivity index is 0.00000102. The Morgan fingerprint density at radius 2 is 0.875 bits per heavy atom. The van der Waals surface area contributed by atoms with E-state index in [-0.39, 0.29) is 26.9 Å². The van der Waals surface area contributed by atoms with Gasteiger partial charge in [0.25, 0.3) is 5.69 Å². The zero-order valence-electron chi connectivity index (χ0n) is 37.3. The third-order valence-electron chi connectivity index (χ3n) is 12.0. The number of unbranched alkanes of at least 4 members (excludes halogenated alkanes) is 14. The fourth-order valence-electron chi connectivity index (χ4n) is 8.93. The van der Waals surface area contributed by atoms with Crippen molar-refractivity contribution in [2.24, 2.45) is 0 Å². The molecule has 64 heavy (non-hydrogen) atoms. The number of halogens is 6. The predicted octanol–water partition coefficient (Wildman–Crippen LogP) is 19.6. The van der Waals surface area contributed by atoms with E-state index < -0.39 is 7.81 Å². The van der Waals surface area contributed by atoms with Gasteiger partial charge in [0.05, 0.1) is 15.8 Å². The molecule has 0 spiro atoms. The van der Waals surface area contributed by atoms with Crippen LogP contribution in [0.4, 0.5) is 30.9 Å². The summed E-state index contributed by atoms with van der Waals surface area (Å²) in [7, 11) is -10.8. The molecule has 0 fully saturated rings. The standard InChI is InChI=1S/C53H64NO2S.F6P/c1-3-5-7-9-11-13-15-23-39-53(40-24-16-14-12-10-8-6-4-2)51-41-44(33-37-49(51)50-38-34-45(54(55)56)42-52(50)53)30-29-43-31-35-48(36-32-43)57(46-25-19-17-20-26-46)47-27-21-18-22-28-47;1-7(2,3,4,5)6/h17-22,25-38,41-42H,3-16,23-24,39-40H2,1-2H3;/q+1;-1/b30-29+;. The van der Waals surface area contributed by atoms with Crippen molar-refractivity contribution in [1.82, 2.24) is 0 Å². The van der Waals surface area contributed by atoms with E-state index in [1.54, 1.807) is 6.07 Å². The van der Waals surface area contributed by atoms with E-state index in [0.717, 1.165) is 25.7 Å². The van der Waals surface area contributed by atoms with E-state index >= 15 is 0 Å². The van der Waals surface area contributed by atoms with Crippen LogP contribution in [0, 0.1) is 10.1 Å². The van der Waals surface area contributed by atoms with Gasteiger partial charge in [-0.25, -0.2) is 0 Å². The Labute approximate surface area is 379 Å². The monoisotopic (exact) mass is 923 g/mol. The number of nitrogens with zero attached hydrogens (tertiary/aromatic N) is 1. The summed E-state index contributed by atoms with van der Waals surface area (Å²) in [4.78, 5) is 15.9. The van der Waals surface area contributed by atoms with Gasteiger partial charge in [-0.3, -0.25) is 10.1 Å². The molecule has 0 atom stereocenters. The van der Waals surface area contributed by atoms with Crippen LogP contribution >= 0.6 is 7.81 Å². The number of benzene rings is 5. The van der Waals surface area contributed by atoms with Gasteiger partial charge in [-0.15, -0.1) is 0 Å².